The van der Waals surface area contributed by atoms with Gasteiger partial charge in [0.05, 0.1) is 0 Å². The third-order valence-corrected chi connectivity index (χ3v) is 6.57. The van der Waals surface area contributed by atoms with E-state index in [0.29, 0.717) is 12.1 Å². The predicted octanol–water partition coefficient (Wildman–Crippen LogP) is 3.26. The van der Waals surface area contributed by atoms with Crippen molar-refractivity contribution in [1.82, 2.24) is 15.1 Å². The number of rotatable bonds is 4. The van der Waals surface area contributed by atoms with Gasteiger partial charge in [0.25, 0.3) is 11.8 Å². The van der Waals surface area contributed by atoms with E-state index in [-0.39, 0.29) is 11.8 Å². The van der Waals surface area contributed by atoms with Crippen molar-refractivity contribution < 1.29 is 9.59 Å². The van der Waals surface area contributed by atoms with Crippen molar-refractivity contribution >= 4 is 22.6 Å². The van der Waals surface area contributed by atoms with Crippen molar-refractivity contribution in [3.05, 3.63) is 82.4 Å². The van der Waals surface area contributed by atoms with E-state index in [9.17, 15) is 9.59 Å². The van der Waals surface area contributed by atoms with Crippen LogP contribution in [-0.4, -0.2) is 54.8 Å². The number of carbonyl (C=O) groups excluding carboxylic acids is 2. The fourth-order valence-electron chi connectivity index (χ4n) is 4.68. The summed E-state index contributed by atoms with van der Waals surface area (Å²) < 4.78 is 0. The van der Waals surface area contributed by atoms with Gasteiger partial charge in [-0.05, 0) is 65.6 Å². The van der Waals surface area contributed by atoms with Crippen LogP contribution in [0, 0.1) is 0 Å². The van der Waals surface area contributed by atoms with Gasteiger partial charge in [0.15, 0.2) is 0 Å². The van der Waals surface area contributed by atoms with E-state index in [0.717, 1.165) is 55.5 Å². The van der Waals surface area contributed by atoms with E-state index >= 15 is 0 Å². The summed E-state index contributed by atoms with van der Waals surface area (Å²) in [5.74, 6) is 0.0183. The van der Waals surface area contributed by atoms with E-state index in [1.807, 2.05) is 47.4 Å². The highest BCUT2D eigenvalue weighted by molar-refractivity contribution is 6.09. The standard InChI is InChI=1S/C26H27N3O2/c1-28-13-15-29(16-14-28)26(31)21-7-5-18(6-8-21)17-27-25(30)23-12-11-20-10-9-19-3-2-4-22(23)24(19)20/h2-8,11-12H,9-10,13-17H2,1H3,(H,27,30). The van der Waals surface area contributed by atoms with Gasteiger partial charge in [0.2, 0.25) is 0 Å². The summed E-state index contributed by atoms with van der Waals surface area (Å²) in [6.07, 6.45) is 2.11. The van der Waals surface area contributed by atoms with Gasteiger partial charge in [0, 0.05) is 43.9 Å². The highest BCUT2D eigenvalue weighted by Crippen LogP contribution is 2.32. The van der Waals surface area contributed by atoms with Crippen molar-refractivity contribution in [1.29, 1.82) is 0 Å². The zero-order chi connectivity index (χ0) is 21.4. The minimum atomic E-state index is -0.0619. The monoisotopic (exact) mass is 413 g/mol. The summed E-state index contributed by atoms with van der Waals surface area (Å²) in [5, 5.41) is 5.34. The summed E-state index contributed by atoms with van der Waals surface area (Å²) in [6.45, 7) is 3.79. The molecule has 1 heterocycles. The van der Waals surface area contributed by atoms with Gasteiger partial charge in [0.1, 0.15) is 0 Å². The van der Waals surface area contributed by atoms with Crippen LogP contribution in [0.1, 0.15) is 37.4 Å². The number of likely N-dealkylation sites (N-methyl/N-ethyl adjacent to an activating group) is 1. The molecule has 1 saturated heterocycles. The van der Waals surface area contributed by atoms with Crippen LogP contribution in [0.15, 0.2) is 54.6 Å². The normalized spacial score (nSPS) is 16.0. The maximum absolute atomic E-state index is 12.9. The maximum atomic E-state index is 12.9. The average Bonchev–Trinajstić information content (AvgIpc) is 3.23. The number of benzene rings is 3. The number of amides is 2. The summed E-state index contributed by atoms with van der Waals surface area (Å²) in [4.78, 5) is 29.7. The largest absolute Gasteiger partial charge is 0.348 e. The number of aryl methyl sites for hydroxylation is 2. The van der Waals surface area contributed by atoms with Gasteiger partial charge in [-0.15, -0.1) is 0 Å². The Balaban J connectivity index is 1.25. The van der Waals surface area contributed by atoms with Crippen molar-refractivity contribution in [3.8, 4) is 0 Å². The number of carbonyl (C=O) groups is 2. The van der Waals surface area contributed by atoms with Crippen LogP contribution in [0.2, 0.25) is 0 Å². The van der Waals surface area contributed by atoms with E-state index in [1.54, 1.807) is 0 Å². The molecule has 1 fully saturated rings. The van der Waals surface area contributed by atoms with Crippen LogP contribution < -0.4 is 5.32 Å². The van der Waals surface area contributed by atoms with E-state index < -0.39 is 0 Å². The maximum Gasteiger partial charge on any atom is 0.253 e. The lowest BCUT2D eigenvalue weighted by molar-refractivity contribution is 0.0664. The molecule has 3 aromatic carbocycles. The molecule has 0 radical (unpaired) electrons. The molecule has 3 aromatic rings. The predicted molar refractivity (Wildman–Crippen MR) is 122 cm³/mol. The number of hydrogen-bond acceptors (Lipinski definition) is 3. The lowest BCUT2D eigenvalue weighted by Gasteiger charge is -2.32. The van der Waals surface area contributed by atoms with Gasteiger partial charge in [-0.1, -0.05) is 36.4 Å². The first kappa shape index (κ1) is 19.8. The Kier molecular flexibility index (Phi) is 5.20. The number of nitrogens with zero attached hydrogens (tertiary/aromatic N) is 2. The van der Waals surface area contributed by atoms with E-state index in [2.05, 4.69) is 29.4 Å². The van der Waals surface area contributed by atoms with E-state index in [1.165, 1.54) is 16.5 Å². The molecular formula is C26H27N3O2. The van der Waals surface area contributed by atoms with Crippen LogP contribution in [0.4, 0.5) is 0 Å². The van der Waals surface area contributed by atoms with Gasteiger partial charge in [-0.2, -0.15) is 0 Å². The minimum Gasteiger partial charge on any atom is -0.348 e. The number of hydrogen-bond donors (Lipinski definition) is 1. The molecule has 0 spiro atoms. The molecule has 158 valence electrons. The number of piperazine rings is 1. The Labute approximate surface area is 182 Å². The molecule has 2 aliphatic rings. The molecule has 1 N–H and O–H groups in total. The molecule has 0 unspecified atom stereocenters. The number of nitrogens with one attached hydrogen (secondary N) is 1. The molecule has 5 heteroatoms. The van der Waals surface area contributed by atoms with Gasteiger partial charge in [-0.3, -0.25) is 9.59 Å². The van der Waals surface area contributed by atoms with Crippen LogP contribution in [0.25, 0.3) is 10.8 Å². The first-order valence-electron chi connectivity index (χ1n) is 11.0. The third-order valence-electron chi connectivity index (χ3n) is 6.57. The quantitative estimate of drug-likeness (QED) is 0.714. The van der Waals surface area contributed by atoms with Crippen molar-refractivity contribution in [2.45, 2.75) is 19.4 Å². The second-order valence-corrected chi connectivity index (χ2v) is 8.59. The summed E-state index contributed by atoms with van der Waals surface area (Å²) in [6, 6.07) is 17.9. The molecule has 0 atom stereocenters. The zero-order valence-corrected chi connectivity index (χ0v) is 17.9. The van der Waals surface area contributed by atoms with Crippen LogP contribution in [0.5, 0.6) is 0 Å². The van der Waals surface area contributed by atoms with Gasteiger partial charge >= 0.3 is 0 Å². The van der Waals surface area contributed by atoms with Crippen molar-refractivity contribution in [3.63, 3.8) is 0 Å². The molecule has 31 heavy (non-hydrogen) atoms. The Morgan fingerprint density at radius 3 is 2.32 bits per heavy atom. The summed E-state index contributed by atoms with van der Waals surface area (Å²) in [5.41, 5.74) is 5.08. The molecule has 1 aliphatic heterocycles. The first-order valence-corrected chi connectivity index (χ1v) is 11.0. The van der Waals surface area contributed by atoms with Crippen molar-refractivity contribution in [2.75, 3.05) is 33.2 Å². The summed E-state index contributed by atoms with van der Waals surface area (Å²) >= 11 is 0. The molecule has 0 bridgehead atoms. The molecule has 0 aromatic heterocycles. The lowest BCUT2D eigenvalue weighted by atomic mass is 9.99. The molecule has 5 nitrogen and oxygen atoms in total. The molecule has 0 saturated carbocycles. The average molecular weight is 414 g/mol. The second kappa shape index (κ2) is 8.16. The molecule has 1 aliphatic carbocycles. The topological polar surface area (TPSA) is 52.6 Å². The highest BCUT2D eigenvalue weighted by Gasteiger charge is 2.21. The fourth-order valence-corrected chi connectivity index (χ4v) is 4.68. The Morgan fingerprint density at radius 2 is 1.58 bits per heavy atom. The summed E-state index contributed by atoms with van der Waals surface area (Å²) in [7, 11) is 2.08. The van der Waals surface area contributed by atoms with E-state index in [4.69, 9.17) is 0 Å². The highest BCUT2D eigenvalue weighted by atomic mass is 16.2. The lowest BCUT2D eigenvalue weighted by Crippen LogP contribution is -2.47. The SMILES string of the molecule is CN1CCN(C(=O)c2ccc(CNC(=O)c3ccc4c5c(cccc35)CC4)cc2)CC1. The van der Waals surface area contributed by atoms with Crippen LogP contribution in [-0.2, 0) is 19.4 Å². The molecule has 5 rings (SSSR count). The molecular weight excluding hydrogens is 386 g/mol. The van der Waals surface area contributed by atoms with Crippen molar-refractivity contribution in [2.24, 2.45) is 0 Å². The van der Waals surface area contributed by atoms with Gasteiger partial charge < -0.3 is 15.1 Å². The minimum absolute atomic E-state index is 0.0619. The second-order valence-electron chi connectivity index (χ2n) is 8.59. The fraction of sp³-hybridized carbons (Fsp3) is 0.308. The molecule has 2 amide bonds. The smallest absolute Gasteiger partial charge is 0.253 e. The Morgan fingerprint density at radius 1 is 0.871 bits per heavy atom. The van der Waals surface area contributed by atoms with Crippen LogP contribution in [0.3, 0.4) is 0 Å². The van der Waals surface area contributed by atoms with Crippen LogP contribution >= 0.6 is 0 Å². The zero-order valence-electron chi connectivity index (χ0n) is 17.9. The van der Waals surface area contributed by atoms with Gasteiger partial charge in [-0.25, -0.2) is 0 Å². The third kappa shape index (κ3) is 3.81. The Hall–Kier alpha value is -3.18. The first-order chi connectivity index (χ1) is 15.1. The Bertz CT molecular complexity index is 1140.